The summed E-state index contributed by atoms with van der Waals surface area (Å²) in [7, 11) is 2.03. The molecule has 19 heavy (non-hydrogen) atoms. The Kier molecular flexibility index (Phi) is 5.55. The maximum absolute atomic E-state index is 12.2. The first-order valence-corrected chi connectivity index (χ1v) is 7.89. The molecule has 1 aromatic heterocycles. The molecule has 1 fully saturated rings. The molecular formula is C15H23NO2S. The molecule has 1 saturated heterocycles. The Labute approximate surface area is 119 Å². The molecular weight excluding hydrogens is 258 g/mol. The van der Waals surface area contributed by atoms with Crippen LogP contribution < -0.4 is 0 Å². The largest absolute Gasteiger partial charge is 0.381 e. The zero-order chi connectivity index (χ0) is 13.7. The molecule has 2 rings (SSSR count). The van der Waals surface area contributed by atoms with Gasteiger partial charge in [0.15, 0.2) is 5.78 Å². The van der Waals surface area contributed by atoms with Gasteiger partial charge in [0.25, 0.3) is 0 Å². The summed E-state index contributed by atoms with van der Waals surface area (Å²) >= 11 is 1.63. The van der Waals surface area contributed by atoms with Crippen LogP contribution in [-0.2, 0) is 11.2 Å². The lowest BCUT2D eigenvalue weighted by Crippen LogP contribution is -2.34. The zero-order valence-electron chi connectivity index (χ0n) is 11.9. The molecule has 1 aliphatic rings. The second-order valence-electron chi connectivity index (χ2n) is 5.32. The van der Waals surface area contributed by atoms with Crippen LogP contribution in [0.15, 0.2) is 12.1 Å². The van der Waals surface area contributed by atoms with E-state index < -0.39 is 0 Å². The molecule has 0 aliphatic carbocycles. The van der Waals surface area contributed by atoms with E-state index in [0.717, 1.165) is 37.5 Å². The van der Waals surface area contributed by atoms with E-state index in [2.05, 4.69) is 17.9 Å². The number of thiophene rings is 1. The third kappa shape index (κ3) is 4.41. The summed E-state index contributed by atoms with van der Waals surface area (Å²) in [6, 6.07) is 4.02. The average molecular weight is 281 g/mol. The highest BCUT2D eigenvalue weighted by atomic mass is 32.1. The molecule has 0 spiro atoms. The van der Waals surface area contributed by atoms with Gasteiger partial charge in [0.1, 0.15) is 0 Å². The molecule has 1 unspecified atom stereocenters. The van der Waals surface area contributed by atoms with Gasteiger partial charge in [-0.2, -0.15) is 0 Å². The van der Waals surface area contributed by atoms with Gasteiger partial charge in [-0.3, -0.25) is 9.69 Å². The van der Waals surface area contributed by atoms with Gasteiger partial charge in [0.05, 0.1) is 18.0 Å². The van der Waals surface area contributed by atoms with Crippen LogP contribution in [0, 0.1) is 5.92 Å². The van der Waals surface area contributed by atoms with E-state index in [1.54, 1.807) is 11.3 Å². The van der Waals surface area contributed by atoms with E-state index in [-0.39, 0.29) is 5.78 Å². The maximum atomic E-state index is 12.2. The summed E-state index contributed by atoms with van der Waals surface area (Å²) < 4.78 is 5.48. The third-order valence-corrected chi connectivity index (χ3v) is 4.79. The van der Waals surface area contributed by atoms with E-state index in [1.165, 1.54) is 11.3 Å². The third-order valence-electron chi connectivity index (χ3n) is 3.52. The van der Waals surface area contributed by atoms with Crippen molar-refractivity contribution in [3.8, 4) is 0 Å². The highest BCUT2D eigenvalue weighted by Crippen LogP contribution is 2.18. The van der Waals surface area contributed by atoms with Crippen LogP contribution in [0.1, 0.15) is 34.3 Å². The first-order valence-electron chi connectivity index (χ1n) is 7.07. The Hall–Kier alpha value is -0.710. The van der Waals surface area contributed by atoms with Gasteiger partial charge in [-0.25, -0.2) is 0 Å². The van der Waals surface area contributed by atoms with Crippen molar-refractivity contribution in [2.75, 3.05) is 33.4 Å². The average Bonchev–Trinajstić information content (AvgIpc) is 2.88. The Morgan fingerprint density at radius 2 is 2.37 bits per heavy atom. The molecule has 0 bridgehead atoms. The van der Waals surface area contributed by atoms with Crippen molar-refractivity contribution >= 4 is 17.1 Å². The number of aryl methyl sites for hydroxylation is 1. The summed E-state index contributed by atoms with van der Waals surface area (Å²) in [5.41, 5.74) is 0. The van der Waals surface area contributed by atoms with Crippen LogP contribution in [-0.4, -0.2) is 44.0 Å². The molecule has 2 heterocycles. The number of likely N-dealkylation sites (N-methyl/N-ethyl adjacent to an activating group) is 1. The van der Waals surface area contributed by atoms with Crippen LogP contribution in [0.3, 0.4) is 0 Å². The van der Waals surface area contributed by atoms with Gasteiger partial charge in [0.2, 0.25) is 0 Å². The number of carbonyl (C=O) groups excluding carboxylic acids is 1. The zero-order valence-corrected chi connectivity index (χ0v) is 12.7. The number of Topliss-reactive ketones (excluding diaryl/α,β-unsaturated/α-hetero) is 1. The van der Waals surface area contributed by atoms with Gasteiger partial charge in [-0.15, -0.1) is 11.3 Å². The fourth-order valence-electron chi connectivity index (χ4n) is 2.50. The van der Waals surface area contributed by atoms with Crippen molar-refractivity contribution < 1.29 is 9.53 Å². The highest BCUT2D eigenvalue weighted by molar-refractivity contribution is 7.14. The molecule has 4 heteroatoms. The first kappa shape index (κ1) is 14.7. The molecule has 0 amide bonds. The monoisotopic (exact) mass is 281 g/mol. The molecule has 1 aromatic rings. The smallest absolute Gasteiger partial charge is 0.186 e. The van der Waals surface area contributed by atoms with Crippen molar-refractivity contribution in [3.05, 3.63) is 21.9 Å². The second kappa shape index (κ2) is 7.17. The molecule has 0 aromatic carbocycles. The van der Waals surface area contributed by atoms with Crippen molar-refractivity contribution in [1.82, 2.24) is 4.90 Å². The van der Waals surface area contributed by atoms with E-state index in [0.29, 0.717) is 12.5 Å². The molecule has 1 aliphatic heterocycles. The van der Waals surface area contributed by atoms with Gasteiger partial charge in [-0.1, -0.05) is 6.92 Å². The van der Waals surface area contributed by atoms with Gasteiger partial charge in [0, 0.05) is 18.0 Å². The van der Waals surface area contributed by atoms with Crippen molar-refractivity contribution in [2.45, 2.75) is 26.2 Å². The summed E-state index contributed by atoms with van der Waals surface area (Å²) in [6.45, 7) is 5.33. The van der Waals surface area contributed by atoms with Crippen molar-refractivity contribution in [2.24, 2.45) is 5.92 Å². The quantitative estimate of drug-likeness (QED) is 0.751. The molecule has 3 nitrogen and oxygen atoms in total. The second-order valence-corrected chi connectivity index (χ2v) is 6.49. The lowest BCUT2D eigenvalue weighted by atomic mass is 10.0. The highest BCUT2D eigenvalue weighted by Gasteiger charge is 2.18. The number of carbonyl (C=O) groups is 1. The van der Waals surface area contributed by atoms with E-state index >= 15 is 0 Å². The summed E-state index contributed by atoms with van der Waals surface area (Å²) in [6.07, 6.45) is 3.38. The maximum Gasteiger partial charge on any atom is 0.186 e. The Bertz CT molecular complexity index is 410. The number of hydrogen-bond donors (Lipinski definition) is 0. The van der Waals surface area contributed by atoms with Gasteiger partial charge >= 0.3 is 0 Å². The van der Waals surface area contributed by atoms with Crippen LogP contribution >= 0.6 is 11.3 Å². The molecule has 0 saturated carbocycles. The fourth-order valence-corrected chi connectivity index (χ4v) is 3.37. The predicted octanol–water partition coefficient (Wildman–Crippen LogP) is 2.85. The Morgan fingerprint density at radius 3 is 3.00 bits per heavy atom. The molecule has 0 N–H and O–H groups in total. The number of nitrogens with zero attached hydrogens (tertiary/aromatic N) is 1. The lowest BCUT2D eigenvalue weighted by molar-refractivity contribution is 0.0416. The van der Waals surface area contributed by atoms with Crippen LogP contribution in [0.5, 0.6) is 0 Å². The minimum atomic E-state index is 0.240. The van der Waals surface area contributed by atoms with Crippen molar-refractivity contribution in [1.29, 1.82) is 0 Å². The van der Waals surface area contributed by atoms with Crippen LogP contribution in [0.25, 0.3) is 0 Å². The summed E-state index contributed by atoms with van der Waals surface area (Å²) in [4.78, 5) is 16.5. The number of hydrogen-bond acceptors (Lipinski definition) is 4. The topological polar surface area (TPSA) is 29.5 Å². The normalized spacial score (nSPS) is 19.8. The minimum absolute atomic E-state index is 0.240. The number of rotatable bonds is 6. The fraction of sp³-hybridized carbons (Fsp3) is 0.667. The minimum Gasteiger partial charge on any atom is -0.381 e. The van der Waals surface area contributed by atoms with Crippen molar-refractivity contribution in [3.63, 3.8) is 0 Å². The van der Waals surface area contributed by atoms with E-state index in [4.69, 9.17) is 4.74 Å². The Balaban J connectivity index is 1.80. The molecule has 106 valence electrons. The van der Waals surface area contributed by atoms with Gasteiger partial charge < -0.3 is 4.74 Å². The SMILES string of the molecule is CCc1ccc(C(=O)CN(C)CC2CCCOC2)s1. The van der Waals surface area contributed by atoms with Crippen LogP contribution in [0.2, 0.25) is 0 Å². The first-order chi connectivity index (χ1) is 9.19. The van der Waals surface area contributed by atoms with Gasteiger partial charge in [-0.05, 0) is 44.4 Å². The summed E-state index contributed by atoms with van der Waals surface area (Å²) in [5, 5.41) is 0. The van der Waals surface area contributed by atoms with E-state index in [9.17, 15) is 4.79 Å². The standard InChI is InChI=1S/C15H23NO2S/c1-3-13-6-7-15(19-13)14(17)10-16(2)9-12-5-4-8-18-11-12/h6-7,12H,3-5,8-11H2,1-2H3. The van der Waals surface area contributed by atoms with E-state index in [1.807, 2.05) is 13.1 Å². The van der Waals surface area contributed by atoms with Crippen LogP contribution in [0.4, 0.5) is 0 Å². The predicted molar refractivity (Wildman–Crippen MR) is 79.1 cm³/mol. The molecule has 0 radical (unpaired) electrons. The number of ether oxygens (including phenoxy) is 1. The lowest BCUT2D eigenvalue weighted by Gasteiger charge is -2.26. The summed E-state index contributed by atoms with van der Waals surface area (Å²) in [5.74, 6) is 0.824. The molecule has 1 atom stereocenters. The number of ketones is 1. The Morgan fingerprint density at radius 1 is 1.53 bits per heavy atom.